The molecule has 0 radical (unpaired) electrons. The van der Waals surface area contributed by atoms with Crippen molar-refractivity contribution in [3.8, 4) is 16.9 Å². The summed E-state index contributed by atoms with van der Waals surface area (Å²) in [5.74, 6) is 0.334. The van der Waals surface area contributed by atoms with Crippen LogP contribution >= 0.6 is 22.6 Å². The van der Waals surface area contributed by atoms with E-state index in [1.165, 1.54) is 0 Å². The van der Waals surface area contributed by atoms with Crippen LogP contribution in [0.1, 0.15) is 5.56 Å². The molecule has 130 valence electrons. The van der Waals surface area contributed by atoms with Crippen molar-refractivity contribution in [1.82, 2.24) is 5.43 Å². The maximum absolute atomic E-state index is 11.8. The Kier molecular flexibility index (Phi) is 6.38. The van der Waals surface area contributed by atoms with Crippen molar-refractivity contribution in [3.63, 3.8) is 0 Å². The lowest BCUT2D eigenvalue weighted by Gasteiger charge is -2.06. The number of ether oxygens (including phenoxy) is 1. The number of nitrogens with one attached hydrogen (secondary N) is 1. The summed E-state index contributed by atoms with van der Waals surface area (Å²) in [5.41, 5.74) is 5.66. The second-order valence-electron chi connectivity index (χ2n) is 5.49. The molecule has 0 aromatic heterocycles. The van der Waals surface area contributed by atoms with Gasteiger partial charge in [-0.3, -0.25) is 4.79 Å². The minimum Gasteiger partial charge on any atom is -0.484 e. The van der Waals surface area contributed by atoms with Crippen LogP contribution < -0.4 is 10.2 Å². The first kappa shape index (κ1) is 18.1. The SMILES string of the molecule is O=C(COc1ccc(-c2ccccc2)cc1)N/N=C/c1ccccc1I. The number of nitrogens with zero attached hydrogens (tertiary/aromatic N) is 1. The van der Waals surface area contributed by atoms with Gasteiger partial charge in [0.05, 0.1) is 6.21 Å². The summed E-state index contributed by atoms with van der Waals surface area (Å²) in [6.45, 7) is -0.0894. The fourth-order valence-electron chi connectivity index (χ4n) is 2.31. The Morgan fingerprint density at radius 2 is 1.58 bits per heavy atom. The van der Waals surface area contributed by atoms with Gasteiger partial charge in [-0.25, -0.2) is 5.43 Å². The van der Waals surface area contributed by atoms with Crippen LogP contribution in [0.15, 0.2) is 84.0 Å². The number of carbonyl (C=O) groups excluding carboxylic acids is 1. The first-order chi connectivity index (χ1) is 12.7. The van der Waals surface area contributed by atoms with Gasteiger partial charge in [0.2, 0.25) is 0 Å². The zero-order valence-electron chi connectivity index (χ0n) is 13.9. The molecule has 0 aliphatic carbocycles. The molecule has 0 unspecified atom stereocenters. The monoisotopic (exact) mass is 456 g/mol. The Labute approximate surface area is 166 Å². The quantitative estimate of drug-likeness (QED) is 0.338. The zero-order chi connectivity index (χ0) is 18.2. The highest BCUT2D eigenvalue weighted by molar-refractivity contribution is 14.1. The van der Waals surface area contributed by atoms with Crippen LogP contribution in [0.25, 0.3) is 11.1 Å². The lowest BCUT2D eigenvalue weighted by atomic mass is 10.1. The number of carbonyl (C=O) groups is 1. The molecule has 0 bridgehead atoms. The molecule has 4 nitrogen and oxygen atoms in total. The number of rotatable bonds is 6. The molecule has 26 heavy (non-hydrogen) atoms. The molecule has 0 spiro atoms. The number of benzene rings is 3. The van der Waals surface area contributed by atoms with E-state index >= 15 is 0 Å². The predicted molar refractivity (Wildman–Crippen MR) is 112 cm³/mol. The zero-order valence-corrected chi connectivity index (χ0v) is 16.1. The molecule has 3 aromatic rings. The fourth-order valence-corrected chi connectivity index (χ4v) is 2.84. The second-order valence-corrected chi connectivity index (χ2v) is 6.66. The van der Waals surface area contributed by atoms with Gasteiger partial charge in [0, 0.05) is 9.13 Å². The van der Waals surface area contributed by atoms with Gasteiger partial charge in [0.25, 0.3) is 5.91 Å². The summed E-state index contributed by atoms with van der Waals surface area (Å²) in [6, 6.07) is 25.5. The molecule has 0 saturated heterocycles. The summed E-state index contributed by atoms with van der Waals surface area (Å²) in [5, 5.41) is 3.96. The van der Waals surface area contributed by atoms with E-state index in [4.69, 9.17) is 4.74 Å². The van der Waals surface area contributed by atoms with Gasteiger partial charge >= 0.3 is 0 Å². The van der Waals surface area contributed by atoms with Crippen molar-refractivity contribution in [2.45, 2.75) is 0 Å². The molecular weight excluding hydrogens is 439 g/mol. The molecule has 0 aliphatic rings. The van der Waals surface area contributed by atoms with Gasteiger partial charge in [-0.1, -0.05) is 60.7 Å². The molecule has 0 atom stereocenters. The van der Waals surface area contributed by atoms with Crippen molar-refractivity contribution in [3.05, 3.63) is 88.0 Å². The van der Waals surface area contributed by atoms with Gasteiger partial charge in [-0.15, -0.1) is 0 Å². The largest absolute Gasteiger partial charge is 0.484 e. The fraction of sp³-hybridized carbons (Fsp3) is 0.0476. The number of halogens is 1. The average molecular weight is 456 g/mol. The number of hydrazone groups is 1. The molecule has 3 aromatic carbocycles. The summed E-state index contributed by atoms with van der Waals surface area (Å²) in [6.07, 6.45) is 1.62. The van der Waals surface area contributed by atoms with Crippen molar-refractivity contribution in [2.75, 3.05) is 6.61 Å². The summed E-state index contributed by atoms with van der Waals surface area (Å²) in [4.78, 5) is 11.8. The highest BCUT2D eigenvalue weighted by Crippen LogP contribution is 2.21. The number of amides is 1. The summed E-state index contributed by atoms with van der Waals surface area (Å²) in [7, 11) is 0. The molecule has 1 amide bonds. The van der Waals surface area contributed by atoms with Crippen LogP contribution in [-0.2, 0) is 4.79 Å². The molecule has 0 fully saturated rings. The van der Waals surface area contributed by atoms with Gasteiger partial charge < -0.3 is 4.74 Å². The topological polar surface area (TPSA) is 50.7 Å². The van der Waals surface area contributed by atoms with E-state index in [-0.39, 0.29) is 12.5 Å². The number of hydrogen-bond acceptors (Lipinski definition) is 3. The smallest absolute Gasteiger partial charge is 0.277 e. The van der Waals surface area contributed by atoms with Crippen molar-refractivity contribution < 1.29 is 9.53 Å². The minimum atomic E-state index is -0.306. The van der Waals surface area contributed by atoms with Crippen LogP contribution in [0.5, 0.6) is 5.75 Å². The van der Waals surface area contributed by atoms with Crippen LogP contribution in [0.4, 0.5) is 0 Å². The molecule has 1 N–H and O–H groups in total. The van der Waals surface area contributed by atoms with Crippen LogP contribution in [0.3, 0.4) is 0 Å². The van der Waals surface area contributed by atoms with Crippen LogP contribution in [0.2, 0.25) is 0 Å². The lowest BCUT2D eigenvalue weighted by Crippen LogP contribution is -2.24. The standard InChI is InChI=1S/C21H17IN2O2/c22-20-9-5-4-8-18(20)14-23-24-21(25)15-26-19-12-10-17(11-13-19)16-6-2-1-3-7-16/h1-14H,15H2,(H,24,25)/b23-14+. The summed E-state index contributed by atoms with van der Waals surface area (Å²) >= 11 is 2.22. The Morgan fingerprint density at radius 1 is 0.923 bits per heavy atom. The summed E-state index contributed by atoms with van der Waals surface area (Å²) < 4.78 is 6.57. The molecule has 3 rings (SSSR count). The maximum atomic E-state index is 11.8. The van der Waals surface area contributed by atoms with Gasteiger partial charge in [0.1, 0.15) is 5.75 Å². The van der Waals surface area contributed by atoms with E-state index in [1.807, 2.05) is 66.7 Å². The van der Waals surface area contributed by atoms with Crippen molar-refractivity contribution >= 4 is 34.7 Å². The average Bonchev–Trinajstić information content (AvgIpc) is 2.69. The molecule has 0 aliphatic heterocycles. The highest BCUT2D eigenvalue weighted by Gasteiger charge is 2.03. The van der Waals surface area contributed by atoms with E-state index in [0.717, 1.165) is 20.3 Å². The van der Waals surface area contributed by atoms with Crippen molar-refractivity contribution in [1.29, 1.82) is 0 Å². The lowest BCUT2D eigenvalue weighted by molar-refractivity contribution is -0.123. The Hall–Kier alpha value is -2.67. The molecule has 0 saturated carbocycles. The Morgan fingerprint density at radius 3 is 2.31 bits per heavy atom. The molecular formula is C21H17IN2O2. The predicted octanol–water partition coefficient (Wildman–Crippen LogP) is 4.49. The van der Waals surface area contributed by atoms with E-state index < -0.39 is 0 Å². The first-order valence-electron chi connectivity index (χ1n) is 8.07. The minimum absolute atomic E-state index is 0.0894. The first-order valence-corrected chi connectivity index (χ1v) is 9.15. The third kappa shape index (κ3) is 5.16. The maximum Gasteiger partial charge on any atom is 0.277 e. The number of hydrogen-bond donors (Lipinski definition) is 1. The molecule has 0 heterocycles. The normalized spacial score (nSPS) is 10.7. The van der Waals surface area contributed by atoms with Crippen LogP contribution in [-0.4, -0.2) is 18.7 Å². The third-order valence-corrected chi connectivity index (χ3v) is 4.61. The van der Waals surface area contributed by atoms with Crippen molar-refractivity contribution in [2.24, 2.45) is 5.10 Å². The van der Waals surface area contributed by atoms with Gasteiger partial charge in [-0.2, -0.15) is 5.10 Å². The molecule has 5 heteroatoms. The Balaban J connectivity index is 1.49. The Bertz CT molecular complexity index is 893. The second kappa shape index (κ2) is 9.15. The van der Waals surface area contributed by atoms with Gasteiger partial charge in [-0.05, 0) is 51.9 Å². The van der Waals surface area contributed by atoms with E-state index in [2.05, 4.69) is 45.3 Å². The van der Waals surface area contributed by atoms with E-state index in [9.17, 15) is 4.79 Å². The van der Waals surface area contributed by atoms with E-state index in [1.54, 1.807) is 6.21 Å². The third-order valence-electron chi connectivity index (χ3n) is 3.63. The van der Waals surface area contributed by atoms with E-state index in [0.29, 0.717) is 5.75 Å². The van der Waals surface area contributed by atoms with Gasteiger partial charge in [0.15, 0.2) is 6.61 Å². The van der Waals surface area contributed by atoms with Crippen LogP contribution in [0, 0.1) is 3.57 Å². The highest BCUT2D eigenvalue weighted by atomic mass is 127.